The van der Waals surface area contributed by atoms with Crippen LogP contribution in [0.15, 0.2) is 28.8 Å². The van der Waals surface area contributed by atoms with Gasteiger partial charge in [0.05, 0.1) is 17.2 Å². The van der Waals surface area contributed by atoms with Crippen molar-refractivity contribution in [1.82, 2.24) is 20.4 Å². The lowest BCUT2D eigenvalue weighted by Gasteiger charge is -2.41. The number of ether oxygens (including phenoxy) is 1. The Hall–Kier alpha value is -2.51. The maximum Gasteiger partial charge on any atom is 0.261 e. The SMILES string of the molecule is CCc1noc(-c2cc3cc(C)ccc3nc2N2CC[C@@H](NC3CCCCC3)[C@H](OC)C2)n1. The van der Waals surface area contributed by atoms with Crippen LogP contribution in [0.1, 0.15) is 56.8 Å². The first-order valence-electron chi connectivity index (χ1n) is 12.4. The number of anilines is 1. The van der Waals surface area contributed by atoms with Gasteiger partial charge < -0.3 is 19.5 Å². The van der Waals surface area contributed by atoms with Gasteiger partial charge in [0.1, 0.15) is 5.82 Å². The minimum Gasteiger partial charge on any atom is -0.378 e. The number of methoxy groups -OCH3 is 1. The summed E-state index contributed by atoms with van der Waals surface area (Å²) in [6, 6.07) is 9.50. The Bertz CT molecular complexity index is 1090. The van der Waals surface area contributed by atoms with Crippen LogP contribution in [0.3, 0.4) is 0 Å². The summed E-state index contributed by atoms with van der Waals surface area (Å²) in [6.45, 7) is 5.83. The normalized spacial score (nSPS) is 22.2. The molecule has 5 rings (SSSR count). The molecule has 2 atom stereocenters. The summed E-state index contributed by atoms with van der Waals surface area (Å²) < 4.78 is 11.6. The molecule has 0 unspecified atom stereocenters. The number of nitrogens with one attached hydrogen (secondary N) is 1. The number of pyridine rings is 1. The molecule has 2 aromatic heterocycles. The second kappa shape index (κ2) is 9.77. The quantitative estimate of drug-likeness (QED) is 0.586. The van der Waals surface area contributed by atoms with Crippen molar-refractivity contribution in [1.29, 1.82) is 0 Å². The number of fused-ring (bicyclic) bond motifs is 1. The van der Waals surface area contributed by atoms with Gasteiger partial charge in [-0.3, -0.25) is 0 Å². The Labute approximate surface area is 195 Å². The van der Waals surface area contributed by atoms with Crippen LogP contribution < -0.4 is 10.2 Å². The van der Waals surface area contributed by atoms with Crippen molar-refractivity contribution in [2.45, 2.75) is 77.0 Å². The van der Waals surface area contributed by atoms with Crippen LogP contribution in [-0.4, -0.2) is 53.5 Å². The molecule has 1 N–H and O–H groups in total. The molecule has 1 saturated heterocycles. The summed E-state index contributed by atoms with van der Waals surface area (Å²) in [4.78, 5) is 12.0. The largest absolute Gasteiger partial charge is 0.378 e. The Morgan fingerprint density at radius 3 is 2.73 bits per heavy atom. The molecule has 1 aliphatic carbocycles. The van der Waals surface area contributed by atoms with Crippen LogP contribution in [0.5, 0.6) is 0 Å². The van der Waals surface area contributed by atoms with Crippen LogP contribution in [0.2, 0.25) is 0 Å². The third-order valence-electron chi connectivity index (χ3n) is 7.18. The molecule has 7 heteroatoms. The van der Waals surface area contributed by atoms with Crippen molar-refractivity contribution in [3.8, 4) is 11.5 Å². The number of rotatable bonds is 6. The summed E-state index contributed by atoms with van der Waals surface area (Å²) in [7, 11) is 1.83. The van der Waals surface area contributed by atoms with Gasteiger partial charge in [-0.25, -0.2) is 4.98 Å². The fourth-order valence-corrected chi connectivity index (χ4v) is 5.30. The fraction of sp³-hybridized carbons (Fsp3) is 0.577. The zero-order valence-electron chi connectivity index (χ0n) is 20.0. The topological polar surface area (TPSA) is 76.3 Å². The van der Waals surface area contributed by atoms with Gasteiger partial charge in [0.2, 0.25) is 0 Å². The highest BCUT2D eigenvalue weighted by Crippen LogP contribution is 2.34. The highest BCUT2D eigenvalue weighted by atomic mass is 16.5. The van der Waals surface area contributed by atoms with Crippen molar-refractivity contribution < 1.29 is 9.26 Å². The van der Waals surface area contributed by atoms with E-state index in [4.69, 9.17) is 14.2 Å². The first kappa shape index (κ1) is 22.3. The molecule has 0 radical (unpaired) electrons. The first-order chi connectivity index (χ1) is 16.1. The Balaban J connectivity index is 1.45. The van der Waals surface area contributed by atoms with Crippen molar-refractivity contribution in [2.24, 2.45) is 0 Å². The van der Waals surface area contributed by atoms with Crippen LogP contribution in [0.4, 0.5) is 5.82 Å². The Morgan fingerprint density at radius 1 is 1.12 bits per heavy atom. The van der Waals surface area contributed by atoms with Crippen molar-refractivity contribution in [2.75, 3.05) is 25.1 Å². The second-order valence-corrected chi connectivity index (χ2v) is 9.54. The van der Waals surface area contributed by atoms with Crippen molar-refractivity contribution in [3.63, 3.8) is 0 Å². The van der Waals surface area contributed by atoms with Gasteiger partial charge in [0.25, 0.3) is 5.89 Å². The summed E-state index contributed by atoms with van der Waals surface area (Å²) >= 11 is 0. The molecule has 0 spiro atoms. The minimum atomic E-state index is 0.109. The van der Waals surface area contributed by atoms with E-state index in [-0.39, 0.29) is 6.10 Å². The van der Waals surface area contributed by atoms with E-state index in [9.17, 15) is 0 Å². The predicted octanol–water partition coefficient (Wildman–Crippen LogP) is 4.67. The Kier molecular flexibility index (Phi) is 6.60. The lowest BCUT2D eigenvalue weighted by Crippen LogP contribution is -2.56. The van der Waals surface area contributed by atoms with E-state index in [2.05, 4.69) is 51.5 Å². The maximum absolute atomic E-state index is 5.98. The number of hydrogen-bond acceptors (Lipinski definition) is 7. The standard InChI is InChI=1S/C26H35N5O2/c1-4-24-29-26(33-30-24)20-15-18-14-17(2)10-11-21(18)28-25(20)31-13-12-22(23(16-31)32-3)27-19-8-6-5-7-9-19/h10-11,14-15,19,22-23,27H,4-9,12-13,16H2,1-3H3/t22-,23-/m1/s1. The van der Waals surface area contributed by atoms with Gasteiger partial charge in [-0.1, -0.05) is 43.0 Å². The van der Waals surface area contributed by atoms with E-state index >= 15 is 0 Å². The number of nitrogens with zero attached hydrogens (tertiary/aromatic N) is 4. The Morgan fingerprint density at radius 2 is 1.97 bits per heavy atom. The molecular weight excluding hydrogens is 414 g/mol. The van der Waals surface area contributed by atoms with Gasteiger partial charge in [0, 0.05) is 44.1 Å². The minimum absolute atomic E-state index is 0.109. The predicted molar refractivity (Wildman–Crippen MR) is 131 cm³/mol. The van der Waals surface area contributed by atoms with Gasteiger partial charge in [-0.2, -0.15) is 4.98 Å². The highest BCUT2D eigenvalue weighted by Gasteiger charge is 2.33. The van der Waals surface area contributed by atoms with Gasteiger partial charge in [-0.15, -0.1) is 0 Å². The molecule has 1 saturated carbocycles. The van der Waals surface area contributed by atoms with Crippen molar-refractivity contribution in [3.05, 3.63) is 35.7 Å². The fourth-order valence-electron chi connectivity index (χ4n) is 5.30. The zero-order valence-corrected chi connectivity index (χ0v) is 20.0. The molecule has 1 aliphatic heterocycles. The van der Waals surface area contributed by atoms with Gasteiger partial charge in [0.15, 0.2) is 5.82 Å². The molecule has 7 nitrogen and oxygen atoms in total. The van der Waals surface area contributed by atoms with Crippen LogP contribution in [0.25, 0.3) is 22.4 Å². The second-order valence-electron chi connectivity index (χ2n) is 9.54. The molecule has 2 fully saturated rings. The zero-order chi connectivity index (χ0) is 22.8. The molecule has 3 heterocycles. The number of piperidine rings is 1. The lowest BCUT2D eigenvalue weighted by molar-refractivity contribution is 0.0534. The molecule has 176 valence electrons. The summed E-state index contributed by atoms with van der Waals surface area (Å²) in [6.07, 6.45) is 8.47. The van der Waals surface area contributed by atoms with E-state index in [1.54, 1.807) is 0 Å². The smallest absolute Gasteiger partial charge is 0.261 e. The van der Waals surface area contributed by atoms with Crippen LogP contribution in [-0.2, 0) is 11.2 Å². The van der Waals surface area contributed by atoms with Crippen molar-refractivity contribution >= 4 is 16.7 Å². The van der Waals surface area contributed by atoms with Gasteiger partial charge >= 0.3 is 0 Å². The maximum atomic E-state index is 5.98. The molecule has 3 aromatic rings. The van der Waals surface area contributed by atoms with E-state index in [0.29, 0.717) is 23.8 Å². The van der Waals surface area contributed by atoms with E-state index in [1.165, 1.54) is 37.7 Å². The molecule has 0 amide bonds. The number of benzene rings is 1. The number of aromatic nitrogens is 3. The van der Waals surface area contributed by atoms with E-state index in [1.807, 2.05) is 14.0 Å². The third kappa shape index (κ3) is 4.75. The summed E-state index contributed by atoms with van der Waals surface area (Å²) in [5.41, 5.74) is 3.08. The summed E-state index contributed by atoms with van der Waals surface area (Å²) in [5, 5.41) is 9.13. The van der Waals surface area contributed by atoms with Gasteiger partial charge in [-0.05, 0) is 44.4 Å². The first-order valence-corrected chi connectivity index (χ1v) is 12.4. The number of hydrogen-bond donors (Lipinski definition) is 1. The molecular formula is C26H35N5O2. The van der Waals surface area contributed by atoms with E-state index < -0.39 is 0 Å². The number of aryl methyl sites for hydroxylation is 2. The molecule has 1 aromatic carbocycles. The molecule has 0 bridgehead atoms. The third-order valence-corrected chi connectivity index (χ3v) is 7.18. The van der Waals surface area contributed by atoms with Crippen LogP contribution >= 0.6 is 0 Å². The van der Waals surface area contributed by atoms with E-state index in [0.717, 1.165) is 48.2 Å². The monoisotopic (exact) mass is 449 g/mol. The molecule has 33 heavy (non-hydrogen) atoms. The average Bonchev–Trinajstić information content (AvgIpc) is 3.33. The summed E-state index contributed by atoms with van der Waals surface area (Å²) in [5.74, 6) is 2.15. The average molecular weight is 450 g/mol. The lowest BCUT2D eigenvalue weighted by atomic mass is 9.92. The molecule has 2 aliphatic rings. The van der Waals surface area contributed by atoms with Crippen LogP contribution in [0, 0.1) is 6.92 Å². The highest BCUT2D eigenvalue weighted by molar-refractivity contribution is 5.88.